The van der Waals surface area contributed by atoms with Crippen LogP contribution in [-0.2, 0) is 4.79 Å². The van der Waals surface area contributed by atoms with Crippen molar-refractivity contribution in [2.75, 3.05) is 12.0 Å². The Kier molecular flexibility index (Phi) is 6.98. The topological polar surface area (TPSA) is 55.1 Å². The third kappa shape index (κ3) is 4.27. The van der Waals surface area contributed by atoms with Gasteiger partial charge in [-0.1, -0.05) is 6.42 Å². The number of fused-ring (bicyclic) bond motifs is 2. The molecule has 0 spiro atoms. The second-order valence-electron chi connectivity index (χ2n) is 6.06. The van der Waals surface area contributed by atoms with Gasteiger partial charge >= 0.3 is 0 Å². The summed E-state index contributed by atoms with van der Waals surface area (Å²) in [5.74, 6) is 2.64. The number of hydrogen-bond donors (Lipinski definition) is 2. The molecule has 0 radical (unpaired) electrons. The Bertz CT molecular complexity index is 289. The van der Waals surface area contributed by atoms with Crippen LogP contribution in [0.3, 0.4) is 0 Å². The molecule has 2 fully saturated rings. The zero-order valence-electron chi connectivity index (χ0n) is 11.9. The van der Waals surface area contributed by atoms with Gasteiger partial charge in [-0.05, 0) is 50.7 Å². The summed E-state index contributed by atoms with van der Waals surface area (Å²) < 4.78 is 0. The second kappa shape index (κ2) is 7.75. The molecule has 0 aromatic heterocycles. The number of hydrogen-bond acceptors (Lipinski definition) is 3. The molecule has 0 aliphatic heterocycles. The van der Waals surface area contributed by atoms with Crippen LogP contribution in [-0.4, -0.2) is 30.0 Å². The molecule has 0 aromatic rings. The molecule has 1 amide bonds. The number of nitrogens with one attached hydrogen (secondary N) is 1. The highest BCUT2D eigenvalue weighted by atomic mass is 35.5. The number of rotatable bonds is 4. The fraction of sp³-hybridized carbons (Fsp3) is 0.929. The molecule has 112 valence electrons. The maximum Gasteiger partial charge on any atom is 0.223 e. The molecule has 3 atom stereocenters. The van der Waals surface area contributed by atoms with Gasteiger partial charge in [0, 0.05) is 23.8 Å². The highest BCUT2D eigenvalue weighted by Gasteiger charge is 2.40. The highest BCUT2D eigenvalue weighted by Crippen LogP contribution is 2.41. The Morgan fingerprint density at radius 2 is 1.95 bits per heavy atom. The first-order valence-corrected chi connectivity index (χ1v) is 8.56. The van der Waals surface area contributed by atoms with E-state index in [0.29, 0.717) is 17.9 Å². The Labute approximate surface area is 127 Å². The molecule has 2 bridgehead atoms. The molecule has 3 N–H and O–H groups in total. The van der Waals surface area contributed by atoms with E-state index in [4.69, 9.17) is 5.73 Å². The van der Waals surface area contributed by atoms with E-state index in [1.54, 1.807) is 11.8 Å². The van der Waals surface area contributed by atoms with Crippen molar-refractivity contribution in [1.29, 1.82) is 0 Å². The molecular weight excluding hydrogens is 280 g/mol. The predicted molar refractivity (Wildman–Crippen MR) is 84.8 cm³/mol. The quantitative estimate of drug-likeness (QED) is 0.839. The molecule has 3 unspecified atom stereocenters. The summed E-state index contributed by atoms with van der Waals surface area (Å²) in [4.78, 5) is 12.3. The van der Waals surface area contributed by atoms with Crippen LogP contribution in [0.5, 0.6) is 0 Å². The summed E-state index contributed by atoms with van der Waals surface area (Å²) >= 11 is 1.78. The van der Waals surface area contributed by atoms with E-state index < -0.39 is 0 Å². The van der Waals surface area contributed by atoms with Crippen molar-refractivity contribution in [1.82, 2.24) is 5.32 Å². The molecule has 19 heavy (non-hydrogen) atoms. The molecule has 2 aliphatic rings. The number of carbonyl (C=O) groups is 1. The van der Waals surface area contributed by atoms with Gasteiger partial charge in [0.05, 0.1) is 0 Å². The summed E-state index contributed by atoms with van der Waals surface area (Å²) in [6.07, 6.45) is 7.85. The number of thioether (sulfide) groups is 1. The summed E-state index contributed by atoms with van der Waals surface area (Å²) in [6.45, 7) is 2.09. The average molecular weight is 307 g/mol. The minimum atomic E-state index is 0. The normalized spacial score (nSPS) is 35.1. The van der Waals surface area contributed by atoms with E-state index in [2.05, 4.69) is 18.5 Å². The van der Waals surface area contributed by atoms with Crippen LogP contribution < -0.4 is 11.1 Å². The summed E-state index contributed by atoms with van der Waals surface area (Å²) in [5, 5.41) is 3.15. The van der Waals surface area contributed by atoms with Crippen molar-refractivity contribution in [3.8, 4) is 0 Å². The van der Waals surface area contributed by atoms with Crippen LogP contribution in [0.2, 0.25) is 0 Å². The van der Waals surface area contributed by atoms with Crippen molar-refractivity contribution in [2.45, 2.75) is 51.1 Å². The first-order chi connectivity index (χ1) is 8.61. The lowest BCUT2D eigenvalue weighted by atomic mass is 9.65. The Balaban J connectivity index is 0.00000180. The fourth-order valence-electron chi connectivity index (χ4n) is 3.66. The molecule has 2 aliphatic carbocycles. The molecule has 0 aromatic carbocycles. The maximum atomic E-state index is 12.3. The molecule has 0 saturated heterocycles. The van der Waals surface area contributed by atoms with Gasteiger partial charge in [-0.15, -0.1) is 12.4 Å². The third-order valence-corrected chi connectivity index (χ3v) is 5.42. The van der Waals surface area contributed by atoms with Crippen molar-refractivity contribution in [3.05, 3.63) is 0 Å². The zero-order valence-corrected chi connectivity index (χ0v) is 13.6. The summed E-state index contributed by atoms with van der Waals surface area (Å²) in [6, 6.07) is 0.634. The van der Waals surface area contributed by atoms with Gasteiger partial charge < -0.3 is 11.1 Å². The molecule has 2 rings (SSSR count). The van der Waals surface area contributed by atoms with Gasteiger partial charge in [0.1, 0.15) is 0 Å². The largest absolute Gasteiger partial charge is 0.353 e. The molecular formula is C14H27ClN2OS. The van der Waals surface area contributed by atoms with Crippen LogP contribution in [0, 0.1) is 17.8 Å². The third-order valence-electron chi connectivity index (χ3n) is 4.59. The smallest absolute Gasteiger partial charge is 0.223 e. The molecule has 3 nitrogen and oxygen atoms in total. The van der Waals surface area contributed by atoms with E-state index >= 15 is 0 Å². The standard InChI is InChI=1S/C14H26N2OS.ClH/c1-9(8-18-2)16-14(17)12-6-10-4-3-5-11(7-12)13(10)15;/h9-13H,3-8,15H2,1-2H3,(H,16,17);1H. The number of nitrogens with two attached hydrogens (primary N) is 1. The van der Waals surface area contributed by atoms with Crippen LogP contribution in [0.15, 0.2) is 0 Å². The van der Waals surface area contributed by atoms with Gasteiger partial charge in [0.2, 0.25) is 5.91 Å². The number of halogens is 1. The van der Waals surface area contributed by atoms with Crippen molar-refractivity contribution >= 4 is 30.1 Å². The van der Waals surface area contributed by atoms with E-state index in [0.717, 1.165) is 18.6 Å². The SMILES string of the molecule is CSCC(C)NC(=O)C1CC2CCCC(C1)C2N.Cl. The Morgan fingerprint density at radius 1 is 1.37 bits per heavy atom. The van der Waals surface area contributed by atoms with Gasteiger partial charge in [-0.2, -0.15) is 11.8 Å². The van der Waals surface area contributed by atoms with E-state index in [1.165, 1.54) is 19.3 Å². The van der Waals surface area contributed by atoms with Crippen molar-refractivity contribution < 1.29 is 4.79 Å². The maximum absolute atomic E-state index is 12.3. The Morgan fingerprint density at radius 3 is 2.47 bits per heavy atom. The van der Waals surface area contributed by atoms with Gasteiger partial charge in [-0.3, -0.25) is 4.79 Å². The van der Waals surface area contributed by atoms with Gasteiger partial charge in [0.25, 0.3) is 0 Å². The number of carbonyl (C=O) groups excluding carboxylic acids is 1. The lowest BCUT2D eigenvalue weighted by Gasteiger charge is -2.43. The summed E-state index contributed by atoms with van der Waals surface area (Å²) in [7, 11) is 0. The van der Waals surface area contributed by atoms with Crippen LogP contribution in [0.25, 0.3) is 0 Å². The molecule has 0 heterocycles. The fourth-order valence-corrected chi connectivity index (χ4v) is 4.24. The minimum Gasteiger partial charge on any atom is -0.353 e. The number of amides is 1. The van der Waals surface area contributed by atoms with E-state index in [9.17, 15) is 4.79 Å². The van der Waals surface area contributed by atoms with Crippen LogP contribution in [0.4, 0.5) is 0 Å². The molecule has 5 heteroatoms. The zero-order chi connectivity index (χ0) is 13.1. The second-order valence-corrected chi connectivity index (χ2v) is 6.97. The summed E-state index contributed by atoms with van der Waals surface area (Å²) in [5.41, 5.74) is 6.26. The van der Waals surface area contributed by atoms with E-state index in [1.807, 2.05) is 0 Å². The lowest BCUT2D eigenvalue weighted by Crippen LogP contribution is -2.50. The van der Waals surface area contributed by atoms with E-state index in [-0.39, 0.29) is 30.3 Å². The molecule has 2 saturated carbocycles. The van der Waals surface area contributed by atoms with Crippen LogP contribution in [0.1, 0.15) is 39.0 Å². The highest BCUT2D eigenvalue weighted by molar-refractivity contribution is 7.98. The Hall–Kier alpha value is 0.0700. The minimum absolute atomic E-state index is 0. The van der Waals surface area contributed by atoms with Gasteiger partial charge in [0.15, 0.2) is 0 Å². The lowest BCUT2D eigenvalue weighted by molar-refractivity contribution is -0.128. The first kappa shape index (κ1) is 17.1. The van der Waals surface area contributed by atoms with Crippen molar-refractivity contribution in [2.24, 2.45) is 23.5 Å². The average Bonchev–Trinajstić information content (AvgIpc) is 2.28. The predicted octanol–water partition coefficient (Wildman–Crippen LogP) is 2.43. The first-order valence-electron chi connectivity index (χ1n) is 7.16. The van der Waals surface area contributed by atoms with Crippen molar-refractivity contribution in [3.63, 3.8) is 0 Å². The van der Waals surface area contributed by atoms with Gasteiger partial charge in [-0.25, -0.2) is 0 Å². The van der Waals surface area contributed by atoms with Crippen LogP contribution >= 0.6 is 24.2 Å². The monoisotopic (exact) mass is 306 g/mol.